The van der Waals surface area contributed by atoms with Crippen molar-refractivity contribution in [2.24, 2.45) is 0 Å². The standard InChI is InChI=1S/C8H11Cl2NO2/c9-4-6(10)5-11-8(7(12)13)2-1-3-8/h4,11H,1-3,5H2,(H,12,13). The normalized spacial score (nSPS) is 20.9. The van der Waals surface area contributed by atoms with E-state index in [-0.39, 0.29) is 0 Å². The zero-order valence-corrected chi connectivity index (χ0v) is 8.53. The minimum Gasteiger partial charge on any atom is -0.480 e. The lowest BCUT2D eigenvalue weighted by atomic mass is 9.77. The van der Waals surface area contributed by atoms with Crippen molar-refractivity contribution in [3.63, 3.8) is 0 Å². The molecule has 1 fully saturated rings. The van der Waals surface area contributed by atoms with Crippen molar-refractivity contribution in [3.8, 4) is 0 Å². The first-order valence-electron chi connectivity index (χ1n) is 4.04. The predicted octanol–water partition coefficient (Wildman–Crippen LogP) is 1.90. The number of halogens is 2. The Morgan fingerprint density at radius 2 is 2.23 bits per heavy atom. The molecule has 1 rings (SSSR count). The zero-order valence-electron chi connectivity index (χ0n) is 7.02. The van der Waals surface area contributed by atoms with Crippen molar-refractivity contribution in [1.29, 1.82) is 0 Å². The minimum atomic E-state index is -0.808. The minimum absolute atomic E-state index is 0.317. The second-order valence-electron chi connectivity index (χ2n) is 3.15. The Bertz CT molecular complexity index is 236. The van der Waals surface area contributed by atoms with E-state index in [9.17, 15) is 4.79 Å². The van der Waals surface area contributed by atoms with Crippen molar-refractivity contribution in [2.75, 3.05) is 6.54 Å². The van der Waals surface area contributed by atoms with Crippen molar-refractivity contribution in [2.45, 2.75) is 24.8 Å². The quantitative estimate of drug-likeness (QED) is 0.766. The third kappa shape index (κ3) is 2.36. The molecule has 0 spiro atoms. The summed E-state index contributed by atoms with van der Waals surface area (Å²) in [6.45, 7) is 0.317. The molecule has 1 aliphatic rings. The van der Waals surface area contributed by atoms with E-state index in [0.29, 0.717) is 24.4 Å². The number of hydrogen-bond acceptors (Lipinski definition) is 2. The molecule has 74 valence electrons. The molecule has 0 radical (unpaired) electrons. The summed E-state index contributed by atoms with van der Waals surface area (Å²) in [5, 5.41) is 12.2. The van der Waals surface area contributed by atoms with Gasteiger partial charge in [-0.3, -0.25) is 10.1 Å². The lowest BCUT2D eigenvalue weighted by Crippen LogP contribution is -2.57. The van der Waals surface area contributed by atoms with Gasteiger partial charge in [0.05, 0.1) is 0 Å². The van der Waals surface area contributed by atoms with Crippen LogP contribution in [0.3, 0.4) is 0 Å². The maximum atomic E-state index is 10.8. The summed E-state index contributed by atoms with van der Waals surface area (Å²) in [7, 11) is 0. The van der Waals surface area contributed by atoms with Crippen molar-refractivity contribution < 1.29 is 9.90 Å². The summed E-state index contributed by atoms with van der Waals surface area (Å²) < 4.78 is 0. The Morgan fingerprint density at radius 1 is 1.62 bits per heavy atom. The fraction of sp³-hybridized carbons (Fsp3) is 0.625. The largest absolute Gasteiger partial charge is 0.480 e. The van der Waals surface area contributed by atoms with E-state index in [1.807, 2.05) is 0 Å². The Labute approximate surface area is 86.7 Å². The van der Waals surface area contributed by atoms with E-state index in [0.717, 1.165) is 6.42 Å². The van der Waals surface area contributed by atoms with E-state index in [1.165, 1.54) is 5.54 Å². The molecule has 0 saturated heterocycles. The van der Waals surface area contributed by atoms with Gasteiger partial charge in [0.25, 0.3) is 0 Å². The first kappa shape index (κ1) is 10.8. The highest BCUT2D eigenvalue weighted by Gasteiger charge is 2.43. The molecule has 0 atom stereocenters. The lowest BCUT2D eigenvalue weighted by Gasteiger charge is -2.38. The SMILES string of the molecule is O=C(O)C1(NCC(Cl)=CCl)CCC1. The smallest absolute Gasteiger partial charge is 0.323 e. The number of hydrogen-bond donors (Lipinski definition) is 2. The van der Waals surface area contributed by atoms with Crippen LogP contribution in [0, 0.1) is 0 Å². The van der Waals surface area contributed by atoms with Crippen LogP contribution >= 0.6 is 23.2 Å². The van der Waals surface area contributed by atoms with Gasteiger partial charge in [-0.05, 0) is 19.3 Å². The van der Waals surface area contributed by atoms with Crippen LogP contribution < -0.4 is 5.32 Å². The van der Waals surface area contributed by atoms with Crippen molar-refractivity contribution >= 4 is 29.2 Å². The van der Waals surface area contributed by atoms with E-state index in [1.54, 1.807) is 0 Å². The van der Waals surface area contributed by atoms with Gasteiger partial charge in [0, 0.05) is 17.1 Å². The molecule has 0 aliphatic heterocycles. The van der Waals surface area contributed by atoms with Crippen LogP contribution in [-0.4, -0.2) is 23.2 Å². The summed E-state index contributed by atoms with van der Waals surface area (Å²) in [5.74, 6) is -0.808. The highest BCUT2D eigenvalue weighted by Crippen LogP contribution is 2.32. The van der Waals surface area contributed by atoms with Gasteiger partial charge in [0.15, 0.2) is 0 Å². The second-order valence-corrected chi connectivity index (χ2v) is 3.85. The Balaban J connectivity index is 2.46. The Hall–Kier alpha value is -0.250. The monoisotopic (exact) mass is 223 g/mol. The molecule has 3 nitrogen and oxygen atoms in total. The van der Waals surface area contributed by atoms with Crippen LogP contribution in [0.5, 0.6) is 0 Å². The van der Waals surface area contributed by atoms with Gasteiger partial charge in [-0.25, -0.2) is 0 Å². The fourth-order valence-corrected chi connectivity index (χ4v) is 1.43. The molecule has 0 aromatic carbocycles. The third-order valence-corrected chi connectivity index (χ3v) is 2.95. The highest BCUT2D eigenvalue weighted by molar-refractivity contribution is 6.36. The number of carbonyl (C=O) groups is 1. The average Bonchev–Trinajstić information content (AvgIpc) is 2.01. The molecule has 0 unspecified atom stereocenters. The molecule has 0 heterocycles. The number of rotatable bonds is 4. The maximum absolute atomic E-state index is 10.8. The molecule has 0 bridgehead atoms. The van der Waals surface area contributed by atoms with Gasteiger partial charge >= 0.3 is 5.97 Å². The first-order chi connectivity index (χ1) is 6.10. The molecule has 1 saturated carbocycles. The summed E-state index contributed by atoms with van der Waals surface area (Å²) in [6, 6.07) is 0. The molecule has 0 amide bonds. The Kier molecular flexibility index (Phi) is 3.59. The van der Waals surface area contributed by atoms with Gasteiger partial charge in [-0.1, -0.05) is 23.2 Å². The molecular formula is C8H11Cl2NO2. The lowest BCUT2D eigenvalue weighted by molar-refractivity contribution is -0.148. The highest BCUT2D eigenvalue weighted by atomic mass is 35.5. The van der Waals surface area contributed by atoms with Crippen molar-refractivity contribution in [3.05, 3.63) is 10.6 Å². The van der Waals surface area contributed by atoms with E-state index in [4.69, 9.17) is 28.3 Å². The average molecular weight is 224 g/mol. The van der Waals surface area contributed by atoms with Crippen LogP contribution in [0.2, 0.25) is 0 Å². The molecule has 0 aromatic rings. The van der Waals surface area contributed by atoms with Crippen LogP contribution in [0.1, 0.15) is 19.3 Å². The van der Waals surface area contributed by atoms with Gasteiger partial charge < -0.3 is 5.11 Å². The summed E-state index contributed by atoms with van der Waals surface area (Å²) >= 11 is 11.0. The second kappa shape index (κ2) is 4.31. The molecule has 2 N–H and O–H groups in total. The van der Waals surface area contributed by atoms with E-state index >= 15 is 0 Å². The molecular weight excluding hydrogens is 213 g/mol. The number of carboxylic acids is 1. The summed E-state index contributed by atoms with van der Waals surface area (Å²) in [4.78, 5) is 10.8. The van der Waals surface area contributed by atoms with Crippen LogP contribution in [-0.2, 0) is 4.79 Å². The number of aliphatic carboxylic acids is 1. The molecule has 1 aliphatic carbocycles. The molecule has 5 heteroatoms. The van der Waals surface area contributed by atoms with Crippen LogP contribution in [0.15, 0.2) is 10.6 Å². The third-order valence-electron chi connectivity index (χ3n) is 2.33. The number of nitrogens with one attached hydrogen (secondary N) is 1. The van der Waals surface area contributed by atoms with E-state index < -0.39 is 11.5 Å². The molecule has 0 aromatic heterocycles. The fourth-order valence-electron chi connectivity index (χ4n) is 1.29. The Morgan fingerprint density at radius 3 is 2.54 bits per heavy atom. The van der Waals surface area contributed by atoms with Crippen LogP contribution in [0.4, 0.5) is 0 Å². The first-order valence-corrected chi connectivity index (χ1v) is 4.85. The van der Waals surface area contributed by atoms with Gasteiger partial charge in [-0.2, -0.15) is 0 Å². The van der Waals surface area contributed by atoms with Gasteiger partial charge in [0.2, 0.25) is 0 Å². The number of carboxylic acid groups (broad SMARTS) is 1. The molecule has 13 heavy (non-hydrogen) atoms. The van der Waals surface area contributed by atoms with Gasteiger partial charge in [0.1, 0.15) is 5.54 Å². The maximum Gasteiger partial charge on any atom is 0.323 e. The summed E-state index contributed by atoms with van der Waals surface area (Å²) in [6.07, 6.45) is 2.27. The zero-order chi connectivity index (χ0) is 9.90. The van der Waals surface area contributed by atoms with E-state index in [2.05, 4.69) is 5.32 Å². The topological polar surface area (TPSA) is 49.3 Å². The van der Waals surface area contributed by atoms with Gasteiger partial charge in [-0.15, -0.1) is 0 Å². The summed E-state index contributed by atoms with van der Waals surface area (Å²) in [5.41, 5.74) is 0.475. The van der Waals surface area contributed by atoms with Crippen molar-refractivity contribution in [1.82, 2.24) is 5.32 Å². The predicted molar refractivity (Wildman–Crippen MR) is 52.0 cm³/mol. The van der Waals surface area contributed by atoms with Crippen LogP contribution in [0.25, 0.3) is 0 Å².